The lowest BCUT2D eigenvalue weighted by atomic mass is 10.1. The molecule has 0 N–H and O–H groups in total. The first-order valence-corrected chi connectivity index (χ1v) is 9.10. The number of benzene rings is 2. The van der Waals surface area contributed by atoms with Gasteiger partial charge in [0.05, 0.1) is 0 Å². The maximum Gasteiger partial charge on any atom is 0.471 e. The van der Waals surface area contributed by atoms with Crippen LogP contribution in [0.5, 0.6) is 0 Å². The Morgan fingerprint density at radius 3 is 1.89 bits per heavy atom. The number of nitrogens with zero attached hydrogens (tertiary/aromatic N) is 2. The Bertz CT molecular complexity index is 768. The van der Waals surface area contributed by atoms with Gasteiger partial charge in [-0.15, -0.1) is 0 Å². The van der Waals surface area contributed by atoms with E-state index >= 15 is 0 Å². The van der Waals surface area contributed by atoms with Gasteiger partial charge in [-0.2, -0.15) is 13.2 Å². The summed E-state index contributed by atoms with van der Waals surface area (Å²) in [4.78, 5) is 27.1. The fraction of sp³-hybridized carbons (Fsp3) is 0.333. The molecule has 148 valence electrons. The Kier molecular flexibility index (Phi) is 6.02. The number of carbonyl (C=O) groups is 2. The number of halogens is 3. The fourth-order valence-corrected chi connectivity index (χ4v) is 3.46. The van der Waals surface area contributed by atoms with Gasteiger partial charge in [0.2, 0.25) is 5.91 Å². The Balaban J connectivity index is 1.83. The third-order valence-corrected chi connectivity index (χ3v) is 4.79. The average Bonchev–Trinajstić information content (AvgIpc) is 3.17. The summed E-state index contributed by atoms with van der Waals surface area (Å²) in [6.45, 7) is 0.470. The van der Waals surface area contributed by atoms with Gasteiger partial charge in [0.15, 0.2) is 0 Å². The molecule has 1 saturated heterocycles. The molecule has 1 fully saturated rings. The van der Waals surface area contributed by atoms with Gasteiger partial charge in [-0.05, 0) is 24.0 Å². The van der Waals surface area contributed by atoms with Crippen molar-refractivity contribution in [2.24, 2.45) is 0 Å². The number of alkyl halides is 3. The van der Waals surface area contributed by atoms with Gasteiger partial charge in [0, 0.05) is 19.6 Å². The van der Waals surface area contributed by atoms with E-state index in [1.54, 1.807) is 0 Å². The van der Waals surface area contributed by atoms with Gasteiger partial charge in [-0.3, -0.25) is 9.59 Å². The van der Waals surface area contributed by atoms with E-state index < -0.39 is 24.0 Å². The van der Waals surface area contributed by atoms with Crippen molar-refractivity contribution in [3.05, 3.63) is 71.8 Å². The predicted molar refractivity (Wildman–Crippen MR) is 97.9 cm³/mol. The molecule has 2 aromatic carbocycles. The zero-order valence-electron chi connectivity index (χ0n) is 15.2. The lowest BCUT2D eigenvalue weighted by Gasteiger charge is -2.31. The van der Waals surface area contributed by atoms with E-state index in [0.717, 1.165) is 11.1 Å². The van der Waals surface area contributed by atoms with Gasteiger partial charge < -0.3 is 9.80 Å². The SMILES string of the molecule is O=C(C1CCCN1C(=O)C(F)(F)F)N(Cc1ccccc1)Cc1ccccc1. The Labute approximate surface area is 161 Å². The zero-order chi connectivity index (χ0) is 20.1. The minimum atomic E-state index is -4.98. The van der Waals surface area contributed by atoms with Crippen molar-refractivity contribution in [2.45, 2.75) is 38.1 Å². The van der Waals surface area contributed by atoms with Crippen molar-refractivity contribution in [2.75, 3.05) is 6.54 Å². The lowest BCUT2D eigenvalue weighted by Crippen LogP contribution is -2.51. The number of likely N-dealkylation sites (tertiary alicyclic amines) is 1. The van der Waals surface area contributed by atoms with Crippen molar-refractivity contribution in [1.82, 2.24) is 9.80 Å². The summed E-state index contributed by atoms with van der Waals surface area (Å²) in [6, 6.07) is 17.4. The molecule has 2 amide bonds. The monoisotopic (exact) mass is 390 g/mol. The molecule has 1 aliphatic rings. The molecule has 0 saturated carbocycles. The third-order valence-electron chi connectivity index (χ3n) is 4.79. The molecule has 1 heterocycles. The molecule has 1 unspecified atom stereocenters. The highest BCUT2D eigenvalue weighted by molar-refractivity contribution is 5.90. The van der Waals surface area contributed by atoms with Crippen LogP contribution in [0.15, 0.2) is 60.7 Å². The number of hydrogen-bond acceptors (Lipinski definition) is 2. The minimum Gasteiger partial charge on any atom is -0.332 e. The minimum absolute atomic E-state index is 0.0563. The molecule has 0 bridgehead atoms. The molecule has 28 heavy (non-hydrogen) atoms. The summed E-state index contributed by atoms with van der Waals surface area (Å²) in [5.41, 5.74) is 1.75. The van der Waals surface area contributed by atoms with Crippen molar-refractivity contribution < 1.29 is 22.8 Å². The quantitative estimate of drug-likeness (QED) is 0.780. The Morgan fingerprint density at radius 1 is 0.929 bits per heavy atom. The van der Waals surface area contributed by atoms with Gasteiger partial charge in [-0.25, -0.2) is 0 Å². The predicted octanol–water partition coefficient (Wildman–Crippen LogP) is 3.77. The standard InChI is InChI=1S/C21H21F3N2O2/c22-21(23,24)20(28)26-13-7-12-18(26)19(27)25(14-16-8-3-1-4-9-16)15-17-10-5-2-6-11-17/h1-6,8-11,18H,7,12-15H2. The lowest BCUT2D eigenvalue weighted by molar-refractivity contribution is -0.187. The zero-order valence-corrected chi connectivity index (χ0v) is 15.2. The molecule has 1 aliphatic heterocycles. The van der Waals surface area contributed by atoms with Crippen molar-refractivity contribution in [3.63, 3.8) is 0 Å². The van der Waals surface area contributed by atoms with Gasteiger partial charge in [-0.1, -0.05) is 60.7 Å². The van der Waals surface area contributed by atoms with Crippen LogP contribution < -0.4 is 0 Å². The van der Waals surface area contributed by atoms with Crippen LogP contribution in [-0.4, -0.2) is 40.4 Å². The van der Waals surface area contributed by atoms with E-state index in [2.05, 4.69) is 0 Å². The maximum absolute atomic E-state index is 13.2. The number of rotatable bonds is 5. The summed E-state index contributed by atoms with van der Waals surface area (Å²) < 4.78 is 38.7. The van der Waals surface area contributed by atoms with Crippen molar-refractivity contribution in [3.8, 4) is 0 Å². The molecule has 0 aromatic heterocycles. The van der Waals surface area contributed by atoms with E-state index in [1.807, 2.05) is 60.7 Å². The topological polar surface area (TPSA) is 40.6 Å². The number of hydrogen-bond donors (Lipinski definition) is 0. The molecule has 3 rings (SSSR count). The van der Waals surface area contributed by atoms with Crippen LogP contribution in [0.25, 0.3) is 0 Å². The van der Waals surface area contributed by atoms with E-state index in [9.17, 15) is 22.8 Å². The third kappa shape index (κ3) is 4.71. The van der Waals surface area contributed by atoms with E-state index in [1.165, 1.54) is 4.90 Å². The smallest absolute Gasteiger partial charge is 0.332 e. The van der Waals surface area contributed by atoms with Gasteiger partial charge in [0.25, 0.3) is 0 Å². The summed E-state index contributed by atoms with van der Waals surface area (Å²) >= 11 is 0. The van der Waals surface area contributed by atoms with E-state index in [-0.39, 0.29) is 26.1 Å². The molecular formula is C21H21F3N2O2. The van der Waals surface area contributed by atoms with E-state index in [4.69, 9.17) is 0 Å². The largest absolute Gasteiger partial charge is 0.471 e. The first kappa shape index (κ1) is 19.9. The fourth-order valence-electron chi connectivity index (χ4n) is 3.46. The molecular weight excluding hydrogens is 369 g/mol. The van der Waals surface area contributed by atoms with Crippen LogP contribution in [0, 0.1) is 0 Å². The molecule has 4 nitrogen and oxygen atoms in total. The van der Waals surface area contributed by atoms with Gasteiger partial charge >= 0.3 is 12.1 Å². The maximum atomic E-state index is 13.2. The van der Waals surface area contributed by atoms with Crippen LogP contribution in [0.4, 0.5) is 13.2 Å². The molecule has 7 heteroatoms. The average molecular weight is 390 g/mol. The summed E-state index contributed by atoms with van der Waals surface area (Å²) in [5.74, 6) is -2.40. The van der Waals surface area contributed by atoms with Crippen LogP contribution in [0.3, 0.4) is 0 Å². The summed E-state index contributed by atoms with van der Waals surface area (Å²) in [7, 11) is 0. The summed E-state index contributed by atoms with van der Waals surface area (Å²) in [6.07, 6.45) is -4.37. The second-order valence-corrected chi connectivity index (χ2v) is 6.82. The molecule has 2 aromatic rings. The normalized spacial score (nSPS) is 16.8. The highest BCUT2D eigenvalue weighted by Gasteiger charge is 2.48. The van der Waals surface area contributed by atoms with Crippen LogP contribution in [0.2, 0.25) is 0 Å². The van der Waals surface area contributed by atoms with Gasteiger partial charge in [0.1, 0.15) is 6.04 Å². The molecule has 0 spiro atoms. The highest BCUT2D eigenvalue weighted by atomic mass is 19.4. The Morgan fingerprint density at radius 2 is 1.43 bits per heavy atom. The van der Waals surface area contributed by atoms with Crippen molar-refractivity contribution >= 4 is 11.8 Å². The first-order valence-electron chi connectivity index (χ1n) is 9.10. The second-order valence-electron chi connectivity index (χ2n) is 6.82. The highest BCUT2D eigenvalue weighted by Crippen LogP contribution is 2.27. The van der Waals surface area contributed by atoms with Crippen LogP contribution in [-0.2, 0) is 22.7 Å². The van der Waals surface area contributed by atoms with Crippen LogP contribution in [0.1, 0.15) is 24.0 Å². The van der Waals surface area contributed by atoms with Crippen molar-refractivity contribution in [1.29, 1.82) is 0 Å². The van der Waals surface area contributed by atoms with Crippen LogP contribution >= 0.6 is 0 Å². The van der Waals surface area contributed by atoms with E-state index in [0.29, 0.717) is 11.3 Å². The Hall–Kier alpha value is -2.83. The molecule has 1 atom stereocenters. The number of amides is 2. The number of carbonyl (C=O) groups excluding carboxylic acids is 2. The summed E-state index contributed by atoms with van der Waals surface area (Å²) in [5, 5.41) is 0. The molecule has 0 radical (unpaired) electrons. The second kappa shape index (κ2) is 8.46. The first-order chi connectivity index (χ1) is 13.4. The molecule has 0 aliphatic carbocycles.